The molecule has 0 aromatic heterocycles. The maximum Gasteiger partial charge on any atom is 0.187 e. The van der Waals surface area contributed by atoms with Crippen LogP contribution in [-0.4, -0.2) is 292 Å². The van der Waals surface area contributed by atoms with Gasteiger partial charge in [0.05, 0.1) is 39.6 Å². The fourth-order valence-corrected chi connectivity index (χ4v) is 7.37. The summed E-state index contributed by atoms with van der Waals surface area (Å²) in [4.78, 5) is 0. The third-order valence-electron chi connectivity index (χ3n) is 11.2. The topological polar surface area (TPSA) is 445 Å². The number of rotatable bonds is 13. The minimum atomic E-state index is -2.19. The molecular formula is C33H56O28. The summed E-state index contributed by atoms with van der Waals surface area (Å²) in [6.07, 6.45) is -48.7. The zero-order valence-corrected chi connectivity index (χ0v) is 31.9. The van der Waals surface area contributed by atoms with E-state index in [9.17, 15) is 86.8 Å². The summed E-state index contributed by atoms with van der Waals surface area (Å²) in [6.45, 7) is -3.61. The van der Waals surface area contributed by atoms with Gasteiger partial charge in [0.2, 0.25) is 0 Å². The summed E-state index contributed by atoms with van der Waals surface area (Å²) in [5.41, 5.74) is 0. The highest BCUT2D eigenvalue weighted by Gasteiger charge is 2.55. The molecule has 28 nitrogen and oxygen atoms in total. The molecule has 0 radical (unpaired) electrons. The zero-order valence-electron chi connectivity index (χ0n) is 31.9. The predicted molar refractivity (Wildman–Crippen MR) is 181 cm³/mol. The van der Waals surface area contributed by atoms with Gasteiger partial charge in [-0.2, -0.15) is 0 Å². The quantitative estimate of drug-likeness (QED) is 0.0816. The number of aliphatic hydroxyl groups excluding tert-OH is 17. The van der Waals surface area contributed by atoms with Crippen LogP contribution in [0.15, 0.2) is 0 Å². The number of aliphatic hydroxyl groups is 17. The SMILES string of the molecule is OC1O[C@H](CO[C@H]2OC[C@@H](O)[C@H](O)[C@H]2O)[C@@H](O[C@@H]2O[C@H](CO[C@H]3OC[C@@H](O)[C@H](O)[C@H]3O)[C@@H](O[C@@H]3O[C@H](CO[C@H]4OC[C@@H](O)[C@H](O)[C@H]4O)[C@@H](O)[C@H](O)[C@H]3O)[C@H](O)[C@H]2O)[C@H](O)[C@H]1O. The van der Waals surface area contributed by atoms with Gasteiger partial charge in [-0.05, 0) is 0 Å². The molecule has 0 saturated carbocycles. The molecule has 17 N–H and O–H groups in total. The van der Waals surface area contributed by atoms with Crippen LogP contribution >= 0.6 is 0 Å². The van der Waals surface area contributed by atoms with Gasteiger partial charge in [-0.25, -0.2) is 0 Å². The first-order chi connectivity index (χ1) is 28.8. The minimum absolute atomic E-state index is 0.442. The normalized spacial score (nSPS) is 53.8. The van der Waals surface area contributed by atoms with E-state index < -0.39 is 206 Å². The van der Waals surface area contributed by atoms with Gasteiger partial charge >= 0.3 is 0 Å². The van der Waals surface area contributed by atoms with Crippen LogP contribution in [0.5, 0.6) is 0 Å². The second-order valence-electron chi connectivity index (χ2n) is 15.5. The van der Waals surface area contributed by atoms with Gasteiger partial charge in [0, 0.05) is 0 Å². The molecule has 0 spiro atoms. The molecule has 6 rings (SSSR count). The van der Waals surface area contributed by atoms with Crippen molar-refractivity contribution in [2.75, 3.05) is 39.6 Å². The van der Waals surface area contributed by atoms with Gasteiger partial charge in [-0.15, -0.1) is 0 Å². The van der Waals surface area contributed by atoms with Crippen molar-refractivity contribution in [3.8, 4) is 0 Å². The second kappa shape index (κ2) is 21.0. The molecule has 0 amide bonds. The summed E-state index contributed by atoms with van der Waals surface area (Å²) in [5, 5.41) is 177. The average Bonchev–Trinajstić information content (AvgIpc) is 3.23. The molecule has 6 fully saturated rings. The Morgan fingerprint density at radius 1 is 0.311 bits per heavy atom. The standard InChI is InChI=1S/C33H56O28/c34-7-1-51-29(21(45)13(7)37)54-4-10-16(40)17(41)24(48)32(58-10)61-27-12(6-56-31-23(47)15(39)9(36)3-53-31)59-33(25(49)19(27)43)60-26-11(57-28(50)20(44)18(26)42)5-55-30-22(46)14(38)8(35)2-52-30/h7-50H,1-6H2/t7-,8-,9-,10-,11-,12-,13+,14+,15+,16-,17+,18-,19-,20-,21-,22-,23-,24-,25-,26-,27-,28?,29-,30-,31-,32+,33+/m1/s1. The lowest BCUT2D eigenvalue weighted by atomic mass is 9.96. The molecule has 356 valence electrons. The Labute approximate surface area is 344 Å². The van der Waals surface area contributed by atoms with E-state index in [0.29, 0.717) is 0 Å². The van der Waals surface area contributed by atoms with Crippen LogP contribution in [0.3, 0.4) is 0 Å². The molecule has 1 unspecified atom stereocenters. The third-order valence-corrected chi connectivity index (χ3v) is 11.2. The predicted octanol–water partition coefficient (Wildman–Crippen LogP) is -12.2. The molecule has 6 heterocycles. The first-order valence-corrected chi connectivity index (χ1v) is 19.3. The largest absolute Gasteiger partial charge is 0.388 e. The maximum atomic E-state index is 11.5. The summed E-state index contributed by atoms with van der Waals surface area (Å²) in [5.74, 6) is 0. The van der Waals surface area contributed by atoms with E-state index in [1.165, 1.54) is 0 Å². The van der Waals surface area contributed by atoms with Gasteiger partial charge in [-0.3, -0.25) is 0 Å². The number of hydrogen-bond acceptors (Lipinski definition) is 28. The van der Waals surface area contributed by atoms with Crippen LogP contribution in [-0.2, 0) is 52.1 Å². The van der Waals surface area contributed by atoms with Gasteiger partial charge in [0.1, 0.15) is 128 Å². The molecule has 0 aliphatic carbocycles. The highest BCUT2D eigenvalue weighted by Crippen LogP contribution is 2.34. The van der Waals surface area contributed by atoms with Gasteiger partial charge in [0.15, 0.2) is 37.7 Å². The van der Waals surface area contributed by atoms with E-state index in [2.05, 4.69) is 0 Å². The van der Waals surface area contributed by atoms with Crippen molar-refractivity contribution in [2.45, 2.75) is 166 Å². The van der Waals surface area contributed by atoms with Crippen LogP contribution in [0.4, 0.5) is 0 Å². The van der Waals surface area contributed by atoms with Crippen LogP contribution < -0.4 is 0 Å². The van der Waals surface area contributed by atoms with Crippen molar-refractivity contribution in [2.24, 2.45) is 0 Å². The lowest BCUT2D eigenvalue weighted by Gasteiger charge is -2.48. The fourth-order valence-electron chi connectivity index (χ4n) is 7.37. The van der Waals surface area contributed by atoms with E-state index in [1.807, 2.05) is 0 Å². The van der Waals surface area contributed by atoms with E-state index in [1.54, 1.807) is 0 Å². The van der Waals surface area contributed by atoms with E-state index >= 15 is 0 Å². The molecule has 0 aromatic rings. The Hall–Kier alpha value is -1.12. The lowest BCUT2D eigenvalue weighted by Crippen LogP contribution is -2.67. The lowest BCUT2D eigenvalue weighted by molar-refractivity contribution is -0.385. The Kier molecular flexibility index (Phi) is 17.0. The van der Waals surface area contributed by atoms with E-state index in [4.69, 9.17) is 52.1 Å². The molecule has 6 aliphatic rings. The Morgan fingerprint density at radius 3 is 1.07 bits per heavy atom. The molecule has 0 bridgehead atoms. The molecule has 28 heteroatoms. The van der Waals surface area contributed by atoms with Gasteiger partial charge in [-0.1, -0.05) is 0 Å². The third kappa shape index (κ3) is 10.8. The van der Waals surface area contributed by atoms with Crippen LogP contribution in [0.25, 0.3) is 0 Å². The highest BCUT2D eigenvalue weighted by atomic mass is 16.8. The van der Waals surface area contributed by atoms with Crippen LogP contribution in [0, 0.1) is 0 Å². The Morgan fingerprint density at radius 2 is 0.639 bits per heavy atom. The summed E-state index contributed by atoms with van der Waals surface area (Å²) in [6, 6.07) is 0. The van der Waals surface area contributed by atoms with E-state index in [0.717, 1.165) is 0 Å². The molecule has 27 atom stereocenters. The fraction of sp³-hybridized carbons (Fsp3) is 1.00. The average molecular weight is 901 g/mol. The van der Waals surface area contributed by atoms with Gasteiger partial charge < -0.3 is 139 Å². The zero-order chi connectivity index (χ0) is 44.6. The summed E-state index contributed by atoms with van der Waals surface area (Å²) in [7, 11) is 0. The second-order valence-corrected chi connectivity index (χ2v) is 15.5. The smallest absolute Gasteiger partial charge is 0.187 e. The van der Waals surface area contributed by atoms with Crippen LogP contribution in [0.1, 0.15) is 0 Å². The first kappa shape index (κ1) is 49.3. The van der Waals surface area contributed by atoms with Crippen molar-refractivity contribution < 1.29 is 139 Å². The highest BCUT2D eigenvalue weighted by molar-refractivity contribution is 4.97. The molecule has 6 aliphatic heterocycles. The summed E-state index contributed by atoms with van der Waals surface area (Å²) >= 11 is 0. The number of hydrogen-bond donors (Lipinski definition) is 17. The molecular weight excluding hydrogens is 844 g/mol. The maximum absolute atomic E-state index is 11.5. The van der Waals surface area contributed by atoms with Crippen LogP contribution in [0.2, 0.25) is 0 Å². The molecule has 61 heavy (non-hydrogen) atoms. The van der Waals surface area contributed by atoms with Crippen molar-refractivity contribution in [1.82, 2.24) is 0 Å². The molecule has 6 saturated heterocycles. The van der Waals surface area contributed by atoms with Crippen molar-refractivity contribution in [3.63, 3.8) is 0 Å². The summed E-state index contributed by atoms with van der Waals surface area (Å²) < 4.78 is 60.6. The Bertz CT molecular complexity index is 1360. The molecule has 0 aromatic carbocycles. The van der Waals surface area contributed by atoms with Crippen molar-refractivity contribution >= 4 is 0 Å². The van der Waals surface area contributed by atoms with Crippen molar-refractivity contribution in [1.29, 1.82) is 0 Å². The Balaban J connectivity index is 1.18. The minimum Gasteiger partial charge on any atom is -0.388 e. The number of ether oxygens (including phenoxy) is 11. The van der Waals surface area contributed by atoms with E-state index in [-0.39, 0.29) is 0 Å². The first-order valence-electron chi connectivity index (χ1n) is 19.3. The van der Waals surface area contributed by atoms with Gasteiger partial charge in [0.25, 0.3) is 0 Å². The van der Waals surface area contributed by atoms with Crippen molar-refractivity contribution in [3.05, 3.63) is 0 Å². The monoisotopic (exact) mass is 900 g/mol.